The van der Waals surface area contributed by atoms with Crippen LogP contribution in [0.15, 0.2) is 23.6 Å². The maximum atomic E-state index is 12.7. The lowest BCUT2D eigenvalue weighted by molar-refractivity contribution is -0.117. The summed E-state index contributed by atoms with van der Waals surface area (Å²) >= 11 is 1.20. The number of anilines is 2. The number of nitrogens with one attached hydrogen (secondary N) is 1. The van der Waals surface area contributed by atoms with Gasteiger partial charge in [0.1, 0.15) is 6.54 Å². The third kappa shape index (κ3) is 3.69. The Kier molecular flexibility index (Phi) is 4.74. The average molecular weight is 403 g/mol. The van der Waals surface area contributed by atoms with Gasteiger partial charge in [-0.25, -0.2) is 9.78 Å². The van der Waals surface area contributed by atoms with E-state index in [4.69, 9.17) is 15.2 Å². The number of aromatic nitrogens is 1. The topological polar surface area (TPSA) is 127 Å². The number of carbonyl (C=O) groups is 3. The molecule has 4 rings (SSSR count). The lowest BCUT2D eigenvalue weighted by Crippen LogP contribution is -2.37. The number of fused-ring (bicyclic) bond motifs is 1. The molecule has 1 saturated heterocycles. The number of urea groups is 1. The summed E-state index contributed by atoms with van der Waals surface area (Å²) in [4.78, 5) is 43.0. The number of hydrogen-bond donors (Lipinski definition) is 2. The van der Waals surface area contributed by atoms with Gasteiger partial charge in [-0.1, -0.05) is 0 Å². The standard InChI is InChI=1S/C17H17N5O5S/c18-14(23)5-10-8-28-16(19-10)20-15(24)7-21-3-4-22(17(21)25)11-1-2-12-13(6-11)27-9-26-12/h1-2,6,8H,3-5,7,9H2,(H2,18,23)(H,19,20,24). The first-order valence-corrected chi connectivity index (χ1v) is 9.36. The molecule has 10 nitrogen and oxygen atoms in total. The zero-order valence-corrected chi connectivity index (χ0v) is 15.5. The number of primary amides is 1. The average Bonchev–Trinajstić information content (AvgIpc) is 3.35. The molecule has 1 aromatic carbocycles. The Morgan fingerprint density at radius 2 is 2.07 bits per heavy atom. The van der Waals surface area contributed by atoms with Gasteiger partial charge in [0.25, 0.3) is 0 Å². The normalized spacial score (nSPS) is 15.2. The number of amides is 4. The second-order valence-corrected chi connectivity index (χ2v) is 7.09. The number of rotatable bonds is 6. The van der Waals surface area contributed by atoms with E-state index in [0.29, 0.717) is 41.1 Å². The van der Waals surface area contributed by atoms with Crippen molar-refractivity contribution in [2.45, 2.75) is 6.42 Å². The van der Waals surface area contributed by atoms with Crippen LogP contribution in [0.5, 0.6) is 11.5 Å². The highest BCUT2D eigenvalue weighted by atomic mass is 32.1. The molecule has 28 heavy (non-hydrogen) atoms. The fourth-order valence-electron chi connectivity index (χ4n) is 2.98. The second kappa shape index (κ2) is 7.35. The quantitative estimate of drug-likeness (QED) is 0.734. The molecule has 2 aromatic rings. The van der Waals surface area contributed by atoms with Crippen LogP contribution >= 0.6 is 11.3 Å². The molecule has 0 atom stereocenters. The van der Waals surface area contributed by atoms with E-state index in [1.807, 2.05) is 0 Å². The molecule has 2 aliphatic rings. The molecule has 0 aliphatic carbocycles. The van der Waals surface area contributed by atoms with Crippen LogP contribution in [-0.4, -0.2) is 54.2 Å². The Labute approximate surface area is 163 Å². The first-order valence-electron chi connectivity index (χ1n) is 8.48. The van der Waals surface area contributed by atoms with Crippen molar-refractivity contribution in [1.82, 2.24) is 9.88 Å². The smallest absolute Gasteiger partial charge is 0.325 e. The van der Waals surface area contributed by atoms with Gasteiger partial charge in [-0.2, -0.15) is 0 Å². The number of ether oxygens (including phenoxy) is 2. The Hall–Kier alpha value is -3.34. The molecule has 0 spiro atoms. The second-order valence-electron chi connectivity index (χ2n) is 6.23. The molecule has 3 N–H and O–H groups in total. The van der Waals surface area contributed by atoms with Crippen LogP contribution in [0.2, 0.25) is 0 Å². The van der Waals surface area contributed by atoms with E-state index in [2.05, 4.69) is 10.3 Å². The van der Waals surface area contributed by atoms with E-state index >= 15 is 0 Å². The minimum absolute atomic E-state index is 0.0154. The van der Waals surface area contributed by atoms with Crippen molar-refractivity contribution < 1.29 is 23.9 Å². The highest BCUT2D eigenvalue weighted by molar-refractivity contribution is 7.13. The molecular formula is C17H17N5O5S. The SMILES string of the molecule is NC(=O)Cc1csc(NC(=O)CN2CCN(c3ccc4c(c3)OCO4)C2=O)n1. The van der Waals surface area contributed by atoms with Gasteiger partial charge >= 0.3 is 6.03 Å². The van der Waals surface area contributed by atoms with Crippen LogP contribution in [0.25, 0.3) is 0 Å². The van der Waals surface area contributed by atoms with Crippen LogP contribution in [0.1, 0.15) is 5.69 Å². The monoisotopic (exact) mass is 403 g/mol. The van der Waals surface area contributed by atoms with Crippen molar-refractivity contribution >= 4 is 40.0 Å². The first-order chi connectivity index (χ1) is 13.5. The molecule has 0 saturated carbocycles. The van der Waals surface area contributed by atoms with Crippen LogP contribution in [0.3, 0.4) is 0 Å². The van der Waals surface area contributed by atoms with E-state index in [9.17, 15) is 14.4 Å². The summed E-state index contributed by atoms with van der Waals surface area (Å²) in [5.41, 5.74) is 6.31. The maximum absolute atomic E-state index is 12.7. The van der Waals surface area contributed by atoms with Crippen LogP contribution in [0.4, 0.5) is 15.6 Å². The highest BCUT2D eigenvalue weighted by Crippen LogP contribution is 2.36. The summed E-state index contributed by atoms with van der Waals surface area (Å²) in [7, 11) is 0. The molecule has 2 aliphatic heterocycles. The van der Waals surface area contributed by atoms with Gasteiger partial charge in [-0.3, -0.25) is 14.5 Å². The van der Waals surface area contributed by atoms with Gasteiger partial charge in [-0.15, -0.1) is 11.3 Å². The molecule has 4 amide bonds. The van der Waals surface area contributed by atoms with Crippen LogP contribution in [-0.2, 0) is 16.0 Å². The van der Waals surface area contributed by atoms with E-state index in [1.165, 1.54) is 16.2 Å². The van der Waals surface area contributed by atoms with Gasteiger partial charge in [0.15, 0.2) is 16.6 Å². The Morgan fingerprint density at radius 3 is 2.89 bits per heavy atom. The van der Waals surface area contributed by atoms with Crippen molar-refractivity contribution in [3.63, 3.8) is 0 Å². The first kappa shape index (κ1) is 18.0. The third-order valence-electron chi connectivity index (χ3n) is 4.25. The molecule has 0 bridgehead atoms. The maximum Gasteiger partial charge on any atom is 0.325 e. The zero-order valence-electron chi connectivity index (χ0n) is 14.7. The minimum Gasteiger partial charge on any atom is -0.454 e. The summed E-state index contributed by atoms with van der Waals surface area (Å²) in [5, 5.41) is 4.66. The summed E-state index contributed by atoms with van der Waals surface area (Å²) in [5.74, 6) is 0.387. The Balaban J connectivity index is 1.35. The fraction of sp³-hybridized carbons (Fsp3) is 0.294. The number of nitrogens with zero attached hydrogens (tertiary/aromatic N) is 3. The molecule has 1 aromatic heterocycles. The minimum atomic E-state index is -0.491. The summed E-state index contributed by atoms with van der Waals surface area (Å²) in [6.07, 6.45) is 0.0154. The molecular weight excluding hydrogens is 386 g/mol. The lowest BCUT2D eigenvalue weighted by Gasteiger charge is -2.18. The molecule has 0 radical (unpaired) electrons. The van der Waals surface area contributed by atoms with Crippen molar-refractivity contribution in [3.8, 4) is 11.5 Å². The van der Waals surface area contributed by atoms with E-state index in [-0.39, 0.29) is 31.7 Å². The number of thiazole rings is 1. The van der Waals surface area contributed by atoms with E-state index in [0.717, 1.165) is 0 Å². The van der Waals surface area contributed by atoms with Gasteiger partial charge in [0.05, 0.1) is 12.1 Å². The Bertz CT molecular complexity index is 946. The zero-order chi connectivity index (χ0) is 19.7. The van der Waals surface area contributed by atoms with Crippen molar-refractivity contribution in [3.05, 3.63) is 29.3 Å². The van der Waals surface area contributed by atoms with Crippen LogP contribution < -0.4 is 25.4 Å². The van der Waals surface area contributed by atoms with Crippen molar-refractivity contribution in [2.75, 3.05) is 36.6 Å². The lowest BCUT2D eigenvalue weighted by atomic mass is 10.2. The van der Waals surface area contributed by atoms with Gasteiger partial charge in [-0.05, 0) is 12.1 Å². The van der Waals surface area contributed by atoms with E-state index in [1.54, 1.807) is 28.5 Å². The summed E-state index contributed by atoms with van der Waals surface area (Å²) in [6, 6.07) is 5.03. The number of benzene rings is 1. The number of nitrogens with two attached hydrogens (primary N) is 1. The largest absolute Gasteiger partial charge is 0.454 e. The highest BCUT2D eigenvalue weighted by Gasteiger charge is 2.32. The molecule has 1 fully saturated rings. The van der Waals surface area contributed by atoms with Gasteiger partial charge < -0.3 is 25.4 Å². The van der Waals surface area contributed by atoms with Crippen molar-refractivity contribution in [2.24, 2.45) is 5.73 Å². The summed E-state index contributed by atoms with van der Waals surface area (Å²) in [6.45, 7) is 0.957. The number of hydrogen-bond acceptors (Lipinski definition) is 7. The Morgan fingerprint density at radius 1 is 1.25 bits per heavy atom. The number of carbonyl (C=O) groups excluding carboxylic acids is 3. The van der Waals surface area contributed by atoms with Crippen LogP contribution in [0, 0.1) is 0 Å². The predicted octanol–water partition coefficient (Wildman–Crippen LogP) is 0.780. The molecule has 3 heterocycles. The molecule has 146 valence electrons. The predicted molar refractivity (Wildman–Crippen MR) is 101 cm³/mol. The van der Waals surface area contributed by atoms with Crippen molar-refractivity contribution in [1.29, 1.82) is 0 Å². The van der Waals surface area contributed by atoms with Gasteiger partial charge in [0, 0.05) is 30.2 Å². The molecule has 11 heteroatoms. The fourth-order valence-corrected chi connectivity index (χ4v) is 3.70. The van der Waals surface area contributed by atoms with Gasteiger partial charge in [0.2, 0.25) is 18.6 Å². The molecule has 0 unspecified atom stereocenters. The summed E-state index contributed by atoms with van der Waals surface area (Å²) < 4.78 is 10.6. The third-order valence-corrected chi connectivity index (χ3v) is 5.06. The van der Waals surface area contributed by atoms with E-state index < -0.39 is 5.91 Å².